The lowest BCUT2D eigenvalue weighted by atomic mass is 10.0. The summed E-state index contributed by atoms with van der Waals surface area (Å²) in [5.74, 6) is -0.469. The van der Waals surface area contributed by atoms with Gasteiger partial charge in [-0.25, -0.2) is 0 Å². The van der Waals surface area contributed by atoms with E-state index in [1.165, 1.54) is 205 Å². The smallest absolute Gasteiger partial charge is 0.306 e. The standard InChI is InChI=1S/C62H117NO5/c1-4-7-10-13-16-19-22-25-28-31-32-35-38-41-44-47-50-53-58(68-62(67)55-52-49-46-43-40-37-34-30-27-24-21-18-15-12-9-6-3)56-61(66)63-59(57-64)60(65)54-51-48-45-42-39-36-33-29-26-23-20-17-14-11-8-5-2/h9,12,18,21,27,30,58-60,64-65H,4-8,10-11,13-17,19-20,22-26,28-29,31-57H2,1-3H3,(H,63,66)/b12-9+,21-18+,30-27+. The molecule has 0 aromatic rings. The number of amides is 1. The van der Waals surface area contributed by atoms with Crippen LogP contribution in [0.2, 0.25) is 0 Å². The largest absolute Gasteiger partial charge is 0.462 e. The number of hydrogen-bond acceptors (Lipinski definition) is 5. The highest BCUT2D eigenvalue weighted by Crippen LogP contribution is 2.19. The lowest BCUT2D eigenvalue weighted by Gasteiger charge is -2.24. The average molecular weight is 957 g/mol. The summed E-state index contributed by atoms with van der Waals surface area (Å²) in [6.45, 7) is 6.42. The number of rotatable bonds is 55. The molecule has 3 N–H and O–H groups in total. The second kappa shape index (κ2) is 56.0. The van der Waals surface area contributed by atoms with E-state index in [1.807, 2.05) is 0 Å². The van der Waals surface area contributed by atoms with Gasteiger partial charge in [0.15, 0.2) is 0 Å². The van der Waals surface area contributed by atoms with Crippen molar-refractivity contribution >= 4 is 11.9 Å². The highest BCUT2D eigenvalue weighted by molar-refractivity contribution is 5.77. The summed E-state index contributed by atoms with van der Waals surface area (Å²) in [4.78, 5) is 26.3. The van der Waals surface area contributed by atoms with Gasteiger partial charge in [0.05, 0.1) is 25.2 Å². The summed E-state index contributed by atoms with van der Waals surface area (Å²) in [6.07, 6.45) is 67.8. The number of hydrogen-bond donors (Lipinski definition) is 3. The quantitative estimate of drug-likeness (QED) is 0.0321. The molecule has 0 saturated carbocycles. The number of allylic oxidation sites excluding steroid dienone is 6. The van der Waals surface area contributed by atoms with Crippen LogP contribution in [-0.4, -0.2) is 46.9 Å². The Labute approximate surface area is 424 Å². The fourth-order valence-electron chi connectivity index (χ4n) is 9.45. The van der Waals surface area contributed by atoms with Gasteiger partial charge in [-0.05, 0) is 57.8 Å². The molecule has 68 heavy (non-hydrogen) atoms. The molecular formula is C62H117NO5. The van der Waals surface area contributed by atoms with Gasteiger partial charge in [-0.3, -0.25) is 9.59 Å². The van der Waals surface area contributed by atoms with Crippen molar-refractivity contribution in [1.29, 1.82) is 0 Å². The van der Waals surface area contributed by atoms with Crippen molar-refractivity contribution in [2.24, 2.45) is 0 Å². The van der Waals surface area contributed by atoms with Crippen LogP contribution in [0.1, 0.15) is 323 Å². The van der Waals surface area contributed by atoms with E-state index in [-0.39, 0.29) is 24.9 Å². The highest BCUT2D eigenvalue weighted by atomic mass is 16.5. The Morgan fingerprint density at radius 2 is 0.794 bits per heavy atom. The highest BCUT2D eigenvalue weighted by Gasteiger charge is 2.24. The van der Waals surface area contributed by atoms with Crippen LogP contribution in [0.5, 0.6) is 0 Å². The van der Waals surface area contributed by atoms with E-state index in [1.54, 1.807) is 0 Å². The lowest BCUT2D eigenvalue weighted by Crippen LogP contribution is -2.46. The van der Waals surface area contributed by atoms with Gasteiger partial charge in [-0.1, -0.05) is 288 Å². The van der Waals surface area contributed by atoms with E-state index in [9.17, 15) is 19.8 Å². The normalized spacial score (nSPS) is 13.3. The van der Waals surface area contributed by atoms with E-state index in [2.05, 4.69) is 62.5 Å². The molecule has 0 rings (SSSR count). The molecule has 0 heterocycles. The van der Waals surface area contributed by atoms with Gasteiger partial charge in [0.1, 0.15) is 6.10 Å². The minimum Gasteiger partial charge on any atom is -0.462 e. The molecule has 1 amide bonds. The van der Waals surface area contributed by atoms with Gasteiger partial charge in [-0.15, -0.1) is 0 Å². The van der Waals surface area contributed by atoms with Crippen LogP contribution in [0.25, 0.3) is 0 Å². The second-order valence-corrected chi connectivity index (χ2v) is 20.7. The molecule has 0 spiro atoms. The van der Waals surface area contributed by atoms with E-state index in [4.69, 9.17) is 4.74 Å². The summed E-state index contributed by atoms with van der Waals surface area (Å²) in [5, 5.41) is 23.9. The Morgan fingerprint density at radius 1 is 0.441 bits per heavy atom. The lowest BCUT2D eigenvalue weighted by molar-refractivity contribution is -0.151. The van der Waals surface area contributed by atoms with Crippen LogP contribution in [-0.2, 0) is 14.3 Å². The first-order valence-corrected chi connectivity index (χ1v) is 30.2. The van der Waals surface area contributed by atoms with E-state index >= 15 is 0 Å². The van der Waals surface area contributed by atoms with Crippen LogP contribution in [0.3, 0.4) is 0 Å². The molecule has 0 radical (unpaired) electrons. The Kier molecular flexibility index (Phi) is 54.4. The van der Waals surface area contributed by atoms with Crippen LogP contribution in [0.4, 0.5) is 0 Å². The fourth-order valence-corrected chi connectivity index (χ4v) is 9.45. The molecule has 3 unspecified atom stereocenters. The monoisotopic (exact) mass is 956 g/mol. The van der Waals surface area contributed by atoms with Crippen LogP contribution >= 0.6 is 0 Å². The van der Waals surface area contributed by atoms with Crippen LogP contribution in [0.15, 0.2) is 36.5 Å². The predicted molar refractivity (Wildman–Crippen MR) is 296 cm³/mol. The van der Waals surface area contributed by atoms with Crippen molar-refractivity contribution in [3.05, 3.63) is 36.5 Å². The molecule has 400 valence electrons. The summed E-state index contributed by atoms with van der Waals surface area (Å²) in [5.41, 5.74) is 0. The molecule has 0 aliphatic carbocycles. The van der Waals surface area contributed by atoms with E-state index in [0.29, 0.717) is 19.3 Å². The van der Waals surface area contributed by atoms with Gasteiger partial charge in [0, 0.05) is 6.42 Å². The molecule has 0 saturated heterocycles. The van der Waals surface area contributed by atoms with Gasteiger partial charge in [0.2, 0.25) is 5.91 Å². The predicted octanol–water partition coefficient (Wildman–Crippen LogP) is 18.8. The number of unbranched alkanes of at least 4 members (excludes halogenated alkanes) is 37. The molecule has 0 aliphatic rings. The molecule has 3 atom stereocenters. The number of carbonyl (C=O) groups excluding carboxylic acids is 2. The topological polar surface area (TPSA) is 95.9 Å². The molecule has 0 aromatic carbocycles. The van der Waals surface area contributed by atoms with Crippen molar-refractivity contribution in [3.8, 4) is 0 Å². The van der Waals surface area contributed by atoms with Gasteiger partial charge < -0.3 is 20.3 Å². The molecule has 0 aliphatic heterocycles. The molecule has 6 nitrogen and oxygen atoms in total. The maximum absolute atomic E-state index is 13.3. The third-order valence-corrected chi connectivity index (χ3v) is 14.0. The Hall–Kier alpha value is -1.92. The first-order valence-electron chi connectivity index (χ1n) is 30.2. The Bertz CT molecular complexity index is 1120. The number of carbonyl (C=O) groups is 2. The summed E-state index contributed by atoms with van der Waals surface area (Å²) in [7, 11) is 0. The van der Waals surface area contributed by atoms with Crippen LogP contribution in [0, 0.1) is 0 Å². The Morgan fingerprint density at radius 3 is 1.21 bits per heavy atom. The zero-order chi connectivity index (χ0) is 49.5. The van der Waals surface area contributed by atoms with E-state index < -0.39 is 18.2 Å². The number of ether oxygens (including phenoxy) is 1. The van der Waals surface area contributed by atoms with E-state index in [0.717, 1.165) is 70.6 Å². The van der Waals surface area contributed by atoms with Gasteiger partial charge >= 0.3 is 5.97 Å². The first kappa shape index (κ1) is 66.1. The maximum atomic E-state index is 13.3. The Balaban J connectivity index is 4.53. The van der Waals surface area contributed by atoms with Gasteiger partial charge in [0.25, 0.3) is 0 Å². The summed E-state index contributed by atoms with van der Waals surface area (Å²) < 4.78 is 5.97. The van der Waals surface area contributed by atoms with Crippen LogP contribution < -0.4 is 5.32 Å². The molecule has 0 aromatic heterocycles. The zero-order valence-corrected chi connectivity index (χ0v) is 45.8. The van der Waals surface area contributed by atoms with Gasteiger partial charge in [-0.2, -0.15) is 0 Å². The van der Waals surface area contributed by atoms with Crippen molar-refractivity contribution in [2.45, 2.75) is 341 Å². The third kappa shape index (κ3) is 50.5. The van der Waals surface area contributed by atoms with Crippen molar-refractivity contribution in [3.63, 3.8) is 0 Å². The molecule has 0 bridgehead atoms. The third-order valence-electron chi connectivity index (χ3n) is 14.0. The zero-order valence-electron chi connectivity index (χ0n) is 45.8. The number of aliphatic hydroxyl groups is 2. The minimum absolute atomic E-state index is 0.0773. The molecule has 6 heteroatoms. The summed E-state index contributed by atoms with van der Waals surface area (Å²) >= 11 is 0. The number of nitrogens with one attached hydrogen (secondary N) is 1. The average Bonchev–Trinajstić information content (AvgIpc) is 3.33. The number of esters is 1. The minimum atomic E-state index is -0.788. The maximum Gasteiger partial charge on any atom is 0.306 e. The first-order chi connectivity index (χ1) is 33.5. The van der Waals surface area contributed by atoms with Crippen molar-refractivity contribution in [1.82, 2.24) is 5.32 Å². The second-order valence-electron chi connectivity index (χ2n) is 20.7. The summed E-state index contributed by atoms with van der Waals surface area (Å²) in [6, 6.07) is -0.702. The van der Waals surface area contributed by atoms with Crippen molar-refractivity contribution in [2.75, 3.05) is 6.61 Å². The SMILES string of the molecule is CC/C=C/C/C=C/C/C=C/CCCCCCCCC(=O)OC(CCCCCCCCCCCCCCCCCCC)CC(=O)NC(CO)C(O)CCCCCCCCCCCCCCCCCC. The van der Waals surface area contributed by atoms with Crippen molar-refractivity contribution < 1.29 is 24.5 Å². The molecule has 0 fully saturated rings. The number of aliphatic hydroxyl groups excluding tert-OH is 2. The molecular weight excluding hydrogens is 839 g/mol. The fraction of sp³-hybridized carbons (Fsp3) is 0.871.